The van der Waals surface area contributed by atoms with Gasteiger partial charge in [-0.3, -0.25) is 0 Å². The number of nitrogens with zero attached hydrogens (tertiary/aromatic N) is 1. The number of ether oxygens (including phenoxy) is 1. The second-order valence-corrected chi connectivity index (χ2v) is 7.70. The molecule has 0 amide bonds. The highest BCUT2D eigenvalue weighted by molar-refractivity contribution is 7.89. The molecule has 2 rings (SSSR count). The van der Waals surface area contributed by atoms with Crippen LogP contribution in [-0.4, -0.2) is 32.8 Å². The van der Waals surface area contributed by atoms with Crippen LogP contribution in [0.15, 0.2) is 47.4 Å². The highest BCUT2D eigenvalue weighted by Gasteiger charge is 2.19. The molecule has 0 heterocycles. The molecule has 0 saturated carbocycles. The average molecular weight is 354 g/mol. The third-order valence-electron chi connectivity index (χ3n) is 3.19. The van der Waals surface area contributed by atoms with Gasteiger partial charge in [-0.25, -0.2) is 17.5 Å². The van der Waals surface area contributed by atoms with Gasteiger partial charge < -0.3 is 4.74 Å². The summed E-state index contributed by atoms with van der Waals surface area (Å²) in [5, 5.41) is 0.543. The van der Waals surface area contributed by atoms with E-state index >= 15 is 0 Å². The van der Waals surface area contributed by atoms with Crippen LogP contribution in [0.5, 0.6) is 5.75 Å². The van der Waals surface area contributed by atoms with Gasteiger partial charge in [-0.15, -0.1) is 0 Å². The Hall–Kier alpha value is -1.89. The summed E-state index contributed by atoms with van der Waals surface area (Å²) in [7, 11) is -0.755. The summed E-state index contributed by atoms with van der Waals surface area (Å²) in [6.07, 6.45) is 0. The van der Waals surface area contributed by atoms with Crippen molar-refractivity contribution in [3.8, 4) is 5.75 Å². The van der Waals surface area contributed by atoms with Crippen LogP contribution >= 0.6 is 11.6 Å². The van der Waals surface area contributed by atoms with E-state index < -0.39 is 16.0 Å². The molecule has 0 fully saturated rings. The fourth-order valence-electron chi connectivity index (χ4n) is 1.88. The van der Waals surface area contributed by atoms with Gasteiger partial charge in [0.25, 0.3) is 0 Å². The zero-order valence-corrected chi connectivity index (χ0v) is 14.5. The molecule has 0 aromatic heterocycles. The number of benzene rings is 2. The molecule has 2 aromatic rings. The number of esters is 1. The lowest BCUT2D eigenvalue weighted by atomic mass is 10.2. The molecule has 0 radical (unpaired) electrons. The number of hydrogen-bond acceptors (Lipinski definition) is 4. The van der Waals surface area contributed by atoms with Crippen LogP contribution in [0.1, 0.15) is 15.9 Å². The van der Waals surface area contributed by atoms with Gasteiger partial charge in [-0.2, -0.15) is 0 Å². The van der Waals surface area contributed by atoms with E-state index in [0.29, 0.717) is 16.3 Å². The lowest BCUT2D eigenvalue weighted by Crippen LogP contribution is -2.22. The summed E-state index contributed by atoms with van der Waals surface area (Å²) in [6, 6.07) is 10.6. The Kier molecular flexibility index (Phi) is 5.09. The first kappa shape index (κ1) is 17.5. The van der Waals surface area contributed by atoms with E-state index in [9.17, 15) is 13.2 Å². The highest BCUT2D eigenvalue weighted by atomic mass is 35.5. The minimum absolute atomic E-state index is 0.0322. The standard InChI is InChI=1S/C16H16ClNO4S/c1-11-9-13(17)7-8-15(11)22-16(19)12-5-4-6-14(10-12)23(20,21)18(2)3/h4-10H,1-3H3. The number of carbonyl (C=O) groups excluding carboxylic acids is 1. The van der Waals surface area contributed by atoms with E-state index in [1.165, 1.54) is 38.4 Å². The van der Waals surface area contributed by atoms with E-state index in [-0.39, 0.29) is 10.5 Å². The Morgan fingerprint density at radius 3 is 2.43 bits per heavy atom. The van der Waals surface area contributed by atoms with Crippen LogP contribution in [0.2, 0.25) is 5.02 Å². The highest BCUT2D eigenvalue weighted by Crippen LogP contribution is 2.23. The Balaban J connectivity index is 2.30. The summed E-state index contributed by atoms with van der Waals surface area (Å²) in [6.45, 7) is 1.77. The number of hydrogen-bond donors (Lipinski definition) is 0. The van der Waals surface area contributed by atoms with Crippen molar-refractivity contribution in [2.75, 3.05) is 14.1 Å². The fourth-order valence-corrected chi connectivity index (χ4v) is 3.06. The van der Waals surface area contributed by atoms with Crippen molar-refractivity contribution in [2.45, 2.75) is 11.8 Å². The molecule has 0 saturated heterocycles. The predicted molar refractivity (Wildman–Crippen MR) is 88.5 cm³/mol. The molecular formula is C16H16ClNO4S. The molecule has 2 aromatic carbocycles. The van der Waals surface area contributed by atoms with E-state index in [1.54, 1.807) is 25.1 Å². The van der Waals surface area contributed by atoms with Crippen molar-refractivity contribution in [3.05, 3.63) is 58.6 Å². The van der Waals surface area contributed by atoms with Crippen molar-refractivity contribution in [1.82, 2.24) is 4.31 Å². The molecule has 0 aliphatic heterocycles. The zero-order chi connectivity index (χ0) is 17.2. The van der Waals surface area contributed by atoms with E-state index in [4.69, 9.17) is 16.3 Å². The number of carbonyl (C=O) groups is 1. The zero-order valence-electron chi connectivity index (χ0n) is 12.9. The third kappa shape index (κ3) is 3.90. The molecule has 23 heavy (non-hydrogen) atoms. The van der Waals surface area contributed by atoms with Crippen molar-refractivity contribution >= 4 is 27.6 Å². The normalized spacial score (nSPS) is 11.5. The maximum atomic E-state index is 12.2. The SMILES string of the molecule is Cc1cc(Cl)ccc1OC(=O)c1cccc(S(=O)(=O)N(C)C)c1. The van der Waals surface area contributed by atoms with Crippen LogP contribution in [0.4, 0.5) is 0 Å². The Morgan fingerprint density at radius 1 is 1.13 bits per heavy atom. The molecule has 0 aliphatic rings. The average Bonchev–Trinajstić information content (AvgIpc) is 2.50. The first-order chi connectivity index (χ1) is 10.7. The summed E-state index contributed by atoms with van der Waals surface area (Å²) in [5.41, 5.74) is 0.866. The number of sulfonamides is 1. The van der Waals surface area contributed by atoms with Crippen LogP contribution in [0.25, 0.3) is 0 Å². The largest absolute Gasteiger partial charge is 0.423 e. The minimum atomic E-state index is -3.61. The summed E-state index contributed by atoms with van der Waals surface area (Å²) < 4.78 is 30.6. The van der Waals surface area contributed by atoms with Gasteiger partial charge in [-0.1, -0.05) is 17.7 Å². The maximum Gasteiger partial charge on any atom is 0.343 e. The van der Waals surface area contributed by atoms with E-state index in [2.05, 4.69) is 0 Å². The van der Waals surface area contributed by atoms with Crippen LogP contribution in [0.3, 0.4) is 0 Å². The summed E-state index contributed by atoms with van der Waals surface area (Å²) in [4.78, 5) is 12.3. The molecule has 0 bridgehead atoms. The lowest BCUT2D eigenvalue weighted by Gasteiger charge is -2.12. The Morgan fingerprint density at radius 2 is 1.83 bits per heavy atom. The topological polar surface area (TPSA) is 63.7 Å². The van der Waals surface area contributed by atoms with E-state index in [0.717, 1.165) is 4.31 Å². The summed E-state index contributed by atoms with van der Waals surface area (Å²) in [5.74, 6) is -0.258. The molecule has 0 aliphatic carbocycles. The smallest absolute Gasteiger partial charge is 0.343 e. The molecule has 7 heteroatoms. The van der Waals surface area contributed by atoms with Crippen LogP contribution < -0.4 is 4.74 Å². The lowest BCUT2D eigenvalue weighted by molar-refractivity contribution is 0.0733. The maximum absolute atomic E-state index is 12.2. The van der Waals surface area contributed by atoms with Gasteiger partial charge in [-0.05, 0) is 48.9 Å². The molecular weight excluding hydrogens is 338 g/mol. The second-order valence-electron chi connectivity index (χ2n) is 5.11. The fraction of sp³-hybridized carbons (Fsp3) is 0.188. The van der Waals surface area contributed by atoms with Gasteiger partial charge in [0.05, 0.1) is 10.5 Å². The molecule has 0 spiro atoms. The third-order valence-corrected chi connectivity index (χ3v) is 5.23. The number of halogens is 1. The first-order valence-electron chi connectivity index (χ1n) is 6.73. The molecule has 0 N–H and O–H groups in total. The van der Waals surface area contributed by atoms with Crippen molar-refractivity contribution in [1.29, 1.82) is 0 Å². The quantitative estimate of drug-likeness (QED) is 0.625. The minimum Gasteiger partial charge on any atom is -0.423 e. The Labute approximate surface area is 140 Å². The van der Waals surface area contributed by atoms with Crippen LogP contribution in [0, 0.1) is 6.92 Å². The first-order valence-corrected chi connectivity index (χ1v) is 8.54. The van der Waals surface area contributed by atoms with Crippen molar-refractivity contribution < 1.29 is 17.9 Å². The second kappa shape index (κ2) is 6.70. The predicted octanol–water partition coefficient (Wildman–Crippen LogP) is 3.12. The van der Waals surface area contributed by atoms with Crippen molar-refractivity contribution in [3.63, 3.8) is 0 Å². The molecule has 122 valence electrons. The number of aryl methyl sites for hydroxylation is 1. The molecule has 5 nitrogen and oxygen atoms in total. The van der Waals surface area contributed by atoms with Crippen molar-refractivity contribution in [2.24, 2.45) is 0 Å². The Bertz CT molecular complexity index is 847. The van der Waals surface area contributed by atoms with E-state index in [1.807, 2.05) is 0 Å². The van der Waals surface area contributed by atoms with Gasteiger partial charge in [0.15, 0.2) is 0 Å². The number of rotatable bonds is 4. The molecule has 0 unspecified atom stereocenters. The molecule has 0 atom stereocenters. The van der Waals surface area contributed by atoms with Gasteiger partial charge in [0, 0.05) is 19.1 Å². The van der Waals surface area contributed by atoms with Crippen LogP contribution in [-0.2, 0) is 10.0 Å². The van der Waals surface area contributed by atoms with Gasteiger partial charge >= 0.3 is 5.97 Å². The van der Waals surface area contributed by atoms with Gasteiger partial charge in [0.1, 0.15) is 5.75 Å². The monoisotopic (exact) mass is 353 g/mol. The van der Waals surface area contributed by atoms with Gasteiger partial charge in [0.2, 0.25) is 10.0 Å². The summed E-state index contributed by atoms with van der Waals surface area (Å²) >= 11 is 5.86.